The van der Waals surface area contributed by atoms with Crippen molar-refractivity contribution >= 4 is 34.9 Å². The molecule has 6 heteroatoms. The topological polar surface area (TPSA) is 21.1 Å². The predicted molar refractivity (Wildman–Crippen MR) is 74.1 cm³/mol. The maximum atomic E-state index is 5.30. The fourth-order valence-electron chi connectivity index (χ4n) is 2.12. The van der Waals surface area contributed by atoms with Crippen molar-refractivity contribution in [2.75, 3.05) is 6.54 Å². The van der Waals surface area contributed by atoms with Gasteiger partial charge in [-0.25, -0.2) is 4.68 Å². The van der Waals surface area contributed by atoms with Crippen LogP contribution in [0.3, 0.4) is 0 Å². The van der Waals surface area contributed by atoms with Gasteiger partial charge in [0.25, 0.3) is 0 Å². The first-order valence-electron chi connectivity index (χ1n) is 5.54. The summed E-state index contributed by atoms with van der Waals surface area (Å²) in [5, 5.41) is 7.67. The summed E-state index contributed by atoms with van der Waals surface area (Å²) in [5.74, 6) is 0. The lowest BCUT2D eigenvalue weighted by atomic mass is 10.1. The molecule has 1 aliphatic rings. The Balaban J connectivity index is 1.76. The lowest BCUT2D eigenvalue weighted by Gasteiger charge is -2.26. The normalized spacial score (nSPS) is 16.1. The summed E-state index contributed by atoms with van der Waals surface area (Å²) in [6, 6.07) is 2.23. The van der Waals surface area contributed by atoms with Crippen LogP contribution in [0.1, 0.15) is 15.4 Å². The minimum Gasteiger partial charge on any atom is -0.280 e. The second kappa shape index (κ2) is 4.61. The summed E-state index contributed by atoms with van der Waals surface area (Å²) < 4.78 is 2.81. The molecule has 3 heterocycles. The standard InChI is InChI=1S/C11H13N3S3/c1-8-12-14(11(15)17-8)7-13-4-2-10-9(6-13)3-5-16-10/h3,5H,2,4,6-7H2,1H3. The first-order valence-corrected chi connectivity index (χ1v) is 7.65. The highest BCUT2D eigenvalue weighted by Gasteiger charge is 2.17. The second-order valence-corrected chi connectivity index (χ2v) is 7.03. The Bertz CT molecular complexity index is 581. The molecule has 17 heavy (non-hydrogen) atoms. The van der Waals surface area contributed by atoms with E-state index in [0.717, 1.165) is 35.1 Å². The van der Waals surface area contributed by atoms with Crippen LogP contribution in [0.25, 0.3) is 0 Å². The molecule has 0 amide bonds. The van der Waals surface area contributed by atoms with Gasteiger partial charge in [0.05, 0.1) is 6.67 Å². The van der Waals surface area contributed by atoms with Gasteiger partial charge in [-0.1, -0.05) is 11.3 Å². The van der Waals surface area contributed by atoms with Gasteiger partial charge in [-0.15, -0.1) is 11.3 Å². The van der Waals surface area contributed by atoms with Gasteiger partial charge in [0.2, 0.25) is 0 Å². The van der Waals surface area contributed by atoms with Gasteiger partial charge in [0.1, 0.15) is 5.01 Å². The number of rotatable bonds is 2. The van der Waals surface area contributed by atoms with E-state index in [9.17, 15) is 0 Å². The van der Waals surface area contributed by atoms with Crippen LogP contribution in [0, 0.1) is 10.9 Å². The predicted octanol–water partition coefficient (Wildman–Crippen LogP) is 3.06. The molecule has 0 fully saturated rings. The van der Waals surface area contributed by atoms with Crippen molar-refractivity contribution in [3.63, 3.8) is 0 Å². The fourth-order valence-corrected chi connectivity index (χ4v) is 4.06. The Morgan fingerprint density at radius 1 is 1.53 bits per heavy atom. The Kier molecular flexibility index (Phi) is 3.12. The smallest absolute Gasteiger partial charge is 0.180 e. The van der Waals surface area contributed by atoms with E-state index in [4.69, 9.17) is 12.2 Å². The van der Waals surface area contributed by atoms with Gasteiger partial charge < -0.3 is 0 Å². The summed E-state index contributed by atoms with van der Waals surface area (Å²) in [6.07, 6.45) is 1.16. The molecule has 0 bridgehead atoms. The van der Waals surface area contributed by atoms with Crippen LogP contribution in [-0.4, -0.2) is 21.2 Å². The SMILES string of the molecule is Cc1nn(CN2CCc3sccc3C2)c(=S)s1. The third-order valence-electron chi connectivity index (χ3n) is 2.93. The largest absolute Gasteiger partial charge is 0.280 e. The molecule has 0 aromatic carbocycles. The molecule has 0 radical (unpaired) electrons. The average Bonchev–Trinajstić information content (AvgIpc) is 2.85. The number of thiophene rings is 1. The van der Waals surface area contributed by atoms with Crippen LogP contribution >= 0.6 is 34.9 Å². The second-order valence-electron chi connectivity index (χ2n) is 4.20. The molecular weight excluding hydrogens is 270 g/mol. The van der Waals surface area contributed by atoms with Gasteiger partial charge in [-0.2, -0.15) is 5.10 Å². The quantitative estimate of drug-likeness (QED) is 0.790. The molecule has 2 aromatic rings. The zero-order chi connectivity index (χ0) is 11.8. The van der Waals surface area contributed by atoms with E-state index in [1.54, 1.807) is 16.2 Å². The highest BCUT2D eigenvalue weighted by atomic mass is 32.1. The zero-order valence-corrected chi connectivity index (χ0v) is 12.0. The molecule has 0 spiro atoms. The number of hydrogen-bond acceptors (Lipinski definition) is 5. The number of aromatic nitrogens is 2. The van der Waals surface area contributed by atoms with E-state index in [-0.39, 0.29) is 0 Å². The molecule has 0 unspecified atom stereocenters. The summed E-state index contributed by atoms with van der Waals surface area (Å²) >= 11 is 8.76. The van der Waals surface area contributed by atoms with Crippen molar-refractivity contribution in [1.82, 2.24) is 14.7 Å². The van der Waals surface area contributed by atoms with E-state index in [0.29, 0.717) is 0 Å². The van der Waals surface area contributed by atoms with E-state index < -0.39 is 0 Å². The maximum absolute atomic E-state index is 5.30. The van der Waals surface area contributed by atoms with Crippen molar-refractivity contribution in [2.24, 2.45) is 0 Å². The molecule has 0 N–H and O–H groups in total. The minimum atomic E-state index is 0.818. The van der Waals surface area contributed by atoms with Crippen LogP contribution in [0.5, 0.6) is 0 Å². The van der Waals surface area contributed by atoms with Gasteiger partial charge in [-0.05, 0) is 42.6 Å². The zero-order valence-electron chi connectivity index (χ0n) is 9.55. The first kappa shape index (κ1) is 11.5. The Morgan fingerprint density at radius 3 is 3.18 bits per heavy atom. The molecule has 0 saturated heterocycles. The Morgan fingerprint density at radius 2 is 2.41 bits per heavy atom. The van der Waals surface area contributed by atoms with E-state index >= 15 is 0 Å². The molecule has 0 saturated carbocycles. The van der Waals surface area contributed by atoms with Crippen LogP contribution in [0.4, 0.5) is 0 Å². The molecule has 3 nitrogen and oxygen atoms in total. The molecule has 0 atom stereocenters. The molecule has 2 aromatic heterocycles. The number of nitrogens with zero attached hydrogens (tertiary/aromatic N) is 3. The van der Waals surface area contributed by atoms with Crippen molar-refractivity contribution in [3.8, 4) is 0 Å². The molecule has 1 aliphatic heterocycles. The van der Waals surface area contributed by atoms with Gasteiger partial charge in [0, 0.05) is 18.0 Å². The monoisotopic (exact) mass is 283 g/mol. The van der Waals surface area contributed by atoms with Gasteiger partial charge >= 0.3 is 0 Å². The average molecular weight is 283 g/mol. The Labute approximate surface area is 113 Å². The van der Waals surface area contributed by atoms with E-state index in [2.05, 4.69) is 21.4 Å². The summed E-state index contributed by atoms with van der Waals surface area (Å²) in [5.41, 5.74) is 1.47. The van der Waals surface area contributed by atoms with Gasteiger partial charge in [-0.3, -0.25) is 4.90 Å². The number of hydrogen-bond donors (Lipinski definition) is 0. The highest BCUT2D eigenvalue weighted by molar-refractivity contribution is 7.73. The lowest BCUT2D eigenvalue weighted by Crippen LogP contribution is -2.32. The van der Waals surface area contributed by atoms with Crippen LogP contribution < -0.4 is 0 Å². The number of aryl methyl sites for hydroxylation is 1. The fraction of sp³-hybridized carbons (Fsp3) is 0.455. The maximum Gasteiger partial charge on any atom is 0.180 e. The van der Waals surface area contributed by atoms with E-state index in [1.807, 2.05) is 22.9 Å². The third-order valence-corrected chi connectivity index (χ3v) is 5.17. The Hall–Kier alpha value is -0.560. The number of fused-ring (bicyclic) bond motifs is 1. The van der Waals surface area contributed by atoms with Crippen molar-refractivity contribution in [2.45, 2.75) is 26.6 Å². The molecular formula is C11H13N3S3. The third kappa shape index (κ3) is 2.35. The highest BCUT2D eigenvalue weighted by Crippen LogP contribution is 2.24. The molecule has 90 valence electrons. The van der Waals surface area contributed by atoms with Crippen LogP contribution in [-0.2, 0) is 19.6 Å². The summed E-state index contributed by atoms with van der Waals surface area (Å²) in [6.45, 7) is 4.95. The van der Waals surface area contributed by atoms with Crippen molar-refractivity contribution in [3.05, 3.63) is 30.8 Å². The van der Waals surface area contributed by atoms with E-state index in [1.165, 1.54) is 5.56 Å². The van der Waals surface area contributed by atoms with Gasteiger partial charge in [0.15, 0.2) is 3.95 Å². The summed E-state index contributed by atoms with van der Waals surface area (Å²) in [7, 11) is 0. The first-order chi connectivity index (χ1) is 8.22. The lowest BCUT2D eigenvalue weighted by molar-refractivity contribution is 0.190. The van der Waals surface area contributed by atoms with Crippen LogP contribution in [0.15, 0.2) is 11.4 Å². The van der Waals surface area contributed by atoms with Crippen molar-refractivity contribution in [1.29, 1.82) is 0 Å². The van der Waals surface area contributed by atoms with Crippen LogP contribution in [0.2, 0.25) is 0 Å². The van der Waals surface area contributed by atoms with Crippen molar-refractivity contribution < 1.29 is 0 Å². The summed E-state index contributed by atoms with van der Waals surface area (Å²) in [4.78, 5) is 3.95. The minimum absolute atomic E-state index is 0.818. The molecule has 0 aliphatic carbocycles. The molecule has 3 rings (SSSR count).